The van der Waals surface area contributed by atoms with Crippen molar-refractivity contribution in [2.45, 2.75) is 46.2 Å². The zero-order valence-electron chi connectivity index (χ0n) is 10.8. The SMILES string of the molecule is CC(C)C(c1ccc[nH+]c1)N([O])C(C)(C)C. The predicted molar refractivity (Wildman–Crippen MR) is 62.9 cm³/mol. The standard InChI is InChI=1S/C13H21N2O/c1-10(2)12(15(16)13(3,4)5)11-7-6-8-14-9-11/h6-10,12H,1-5H3/p+1. The molecule has 0 saturated carbocycles. The monoisotopic (exact) mass is 222 g/mol. The average Bonchev–Trinajstić information content (AvgIpc) is 2.17. The molecule has 3 heteroatoms. The maximum Gasteiger partial charge on any atom is 0.171 e. The van der Waals surface area contributed by atoms with Gasteiger partial charge in [-0.2, -0.15) is 0 Å². The van der Waals surface area contributed by atoms with Gasteiger partial charge in [0.1, 0.15) is 0 Å². The van der Waals surface area contributed by atoms with E-state index in [1.807, 2.05) is 45.3 Å². The fourth-order valence-corrected chi connectivity index (χ4v) is 1.80. The van der Waals surface area contributed by atoms with E-state index in [0.29, 0.717) is 0 Å². The molecule has 0 aliphatic rings. The molecule has 1 aromatic rings. The second-order valence-corrected chi connectivity index (χ2v) is 5.52. The number of pyridine rings is 1. The Labute approximate surface area is 98.1 Å². The Kier molecular flexibility index (Phi) is 4.05. The molecule has 1 heterocycles. The van der Waals surface area contributed by atoms with Crippen LogP contribution in [-0.2, 0) is 5.21 Å². The summed E-state index contributed by atoms with van der Waals surface area (Å²) in [5.41, 5.74) is 0.674. The number of hydroxylamine groups is 2. The molecule has 89 valence electrons. The highest BCUT2D eigenvalue weighted by molar-refractivity contribution is 5.12. The van der Waals surface area contributed by atoms with E-state index in [1.54, 1.807) is 0 Å². The van der Waals surface area contributed by atoms with Crippen LogP contribution in [0, 0.1) is 5.92 Å². The third-order valence-electron chi connectivity index (χ3n) is 2.62. The van der Waals surface area contributed by atoms with Gasteiger partial charge in [-0.3, -0.25) is 0 Å². The molecule has 0 saturated heterocycles. The van der Waals surface area contributed by atoms with E-state index >= 15 is 0 Å². The Morgan fingerprint density at radius 1 is 1.31 bits per heavy atom. The van der Waals surface area contributed by atoms with E-state index in [-0.39, 0.29) is 17.5 Å². The number of hydrogen-bond acceptors (Lipinski definition) is 1. The molecule has 1 N–H and O–H groups in total. The first kappa shape index (κ1) is 13.1. The van der Waals surface area contributed by atoms with Gasteiger partial charge in [-0.05, 0) is 32.8 Å². The molecule has 1 atom stereocenters. The van der Waals surface area contributed by atoms with Gasteiger partial charge in [-0.1, -0.05) is 13.8 Å². The van der Waals surface area contributed by atoms with Gasteiger partial charge in [-0.15, -0.1) is 10.3 Å². The largest absolute Gasteiger partial charge is 0.218 e. The number of nitrogens with zero attached hydrogens (tertiary/aromatic N) is 1. The molecule has 0 spiro atoms. The van der Waals surface area contributed by atoms with Crippen LogP contribution in [0.3, 0.4) is 0 Å². The van der Waals surface area contributed by atoms with Crippen molar-refractivity contribution in [1.29, 1.82) is 0 Å². The first-order valence-corrected chi connectivity index (χ1v) is 5.76. The topological polar surface area (TPSA) is 37.3 Å². The van der Waals surface area contributed by atoms with Crippen molar-refractivity contribution < 1.29 is 10.2 Å². The Morgan fingerprint density at radius 3 is 2.31 bits per heavy atom. The summed E-state index contributed by atoms with van der Waals surface area (Å²) >= 11 is 0. The summed E-state index contributed by atoms with van der Waals surface area (Å²) in [6, 6.07) is 3.83. The summed E-state index contributed by atoms with van der Waals surface area (Å²) in [6.07, 6.45) is 3.76. The minimum atomic E-state index is -0.370. The van der Waals surface area contributed by atoms with E-state index in [9.17, 15) is 5.21 Å². The second-order valence-electron chi connectivity index (χ2n) is 5.52. The Hall–Kier alpha value is -0.930. The maximum absolute atomic E-state index is 12.3. The summed E-state index contributed by atoms with van der Waals surface area (Å²) in [7, 11) is 0. The van der Waals surface area contributed by atoms with Crippen LogP contribution in [0.5, 0.6) is 0 Å². The highest BCUT2D eigenvalue weighted by Crippen LogP contribution is 2.31. The van der Waals surface area contributed by atoms with Gasteiger partial charge in [0.25, 0.3) is 0 Å². The van der Waals surface area contributed by atoms with Gasteiger partial charge >= 0.3 is 0 Å². The lowest BCUT2D eigenvalue weighted by Crippen LogP contribution is -2.42. The summed E-state index contributed by atoms with van der Waals surface area (Å²) in [4.78, 5) is 3.04. The third-order valence-corrected chi connectivity index (χ3v) is 2.62. The molecule has 1 radical (unpaired) electrons. The van der Waals surface area contributed by atoms with Crippen molar-refractivity contribution in [2.24, 2.45) is 5.92 Å². The zero-order valence-corrected chi connectivity index (χ0v) is 10.8. The van der Waals surface area contributed by atoms with Gasteiger partial charge in [0.2, 0.25) is 0 Å². The van der Waals surface area contributed by atoms with Crippen LogP contribution in [0.1, 0.15) is 46.2 Å². The van der Waals surface area contributed by atoms with E-state index in [4.69, 9.17) is 0 Å². The molecule has 3 nitrogen and oxygen atoms in total. The normalized spacial score (nSPS) is 14.5. The molecule has 1 aromatic heterocycles. The van der Waals surface area contributed by atoms with Crippen molar-refractivity contribution in [1.82, 2.24) is 5.06 Å². The van der Waals surface area contributed by atoms with Crippen LogP contribution in [0.15, 0.2) is 24.5 Å². The van der Waals surface area contributed by atoms with Gasteiger partial charge in [0, 0.05) is 17.2 Å². The first-order valence-electron chi connectivity index (χ1n) is 5.76. The number of nitrogens with one attached hydrogen (secondary N) is 1. The van der Waals surface area contributed by atoms with Crippen LogP contribution >= 0.6 is 0 Å². The molecule has 0 amide bonds. The van der Waals surface area contributed by atoms with E-state index in [0.717, 1.165) is 5.56 Å². The molecular formula is C13H22N2O+. The summed E-state index contributed by atoms with van der Waals surface area (Å²) in [5, 5.41) is 13.5. The molecule has 0 fully saturated rings. The van der Waals surface area contributed by atoms with Crippen LogP contribution in [0.4, 0.5) is 0 Å². The Morgan fingerprint density at radius 2 is 1.94 bits per heavy atom. The Balaban J connectivity index is 3.02. The van der Waals surface area contributed by atoms with Crippen LogP contribution in [0.25, 0.3) is 0 Å². The van der Waals surface area contributed by atoms with Crippen molar-refractivity contribution in [3.05, 3.63) is 30.1 Å². The van der Waals surface area contributed by atoms with E-state index < -0.39 is 0 Å². The molecule has 0 aliphatic carbocycles. The number of aromatic nitrogens is 1. The molecule has 16 heavy (non-hydrogen) atoms. The molecule has 1 unspecified atom stereocenters. The molecular weight excluding hydrogens is 200 g/mol. The van der Waals surface area contributed by atoms with Crippen molar-refractivity contribution in [2.75, 3.05) is 0 Å². The van der Waals surface area contributed by atoms with Crippen molar-refractivity contribution in [3.63, 3.8) is 0 Å². The number of H-pyrrole nitrogens is 1. The molecule has 1 rings (SSSR count). The van der Waals surface area contributed by atoms with Crippen molar-refractivity contribution in [3.8, 4) is 0 Å². The highest BCUT2D eigenvalue weighted by atomic mass is 16.5. The van der Waals surface area contributed by atoms with Gasteiger partial charge in [-0.25, -0.2) is 4.98 Å². The van der Waals surface area contributed by atoms with Crippen molar-refractivity contribution >= 4 is 0 Å². The second kappa shape index (κ2) is 4.93. The number of rotatable bonds is 3. The Bertz CT molecular complexity index is 316. The fourth-order valence-electron chi connectivity index (χ4n) is 1.80. The van der Waals surface area contributed by atoms with Crippen LogP contribution in [-0.4, -0.2) is 10.6 Å². The first-order chi connectivity index (χ1) is 7.34. The molecule has 0 bridgehead atoms. The summed E-state index contributed by atoms with van der Waals surface area (Å²) in [6.45, 7) is 9.99. The maximum atomic E-state index is 12.3. The zero-order chi connectivity index (χ0) is 12.3. The van der Waals surface area contributed by atoms with Gasteiger partial charge in [0.05, 0.1) is 6.04 Å². The smallest absolute Gasteiger partial charge is 0.171 e. The molecule has 0 aromatic carbocycles. The van der Waals surface area contributed by atoms with E-state index in [1.165, 1.54) is 5.06 Å². The van der Waals surface area contributed by atoms with Crippen LogP contribution in [0.2, 0.25) is 0 Å². The highest BCUT2D eigenvalue weighted by Gasteiger charge is 2.33. The fraction of sp³-hybridized carbons (Fsp3) is 0.615. The number of aromatic amines is 1. The predicted octanol–water partition coefficient (Wildman–Crippen LogP) is 2.64. The quantitative estimate of drug-likeness (QED) is 0.724. The van der Waals surface area contributed by atoms with E-state index in [2.05, 4.69) is 18.8 Å². The lowest BCUT2D eigenvalue weighted by atomic mass is 9.93. The minimum Gasteiger partial charge on any atom is -0.218 e. The lowest BCUT2D eigenvalue weighted by Gasteiger charge is -2.35. The minimum absolute atomic E-state index is 0.0996. The van der Waals surface area contributed by atoms with Gasteiger partial charge < -0.3 is 0 Å². The average molecular weight is 222 g/mol. The number of hydrogen-bond donors (Lipinski definition) is 0. The van der Waals surface area contributed by atoms with Crippen LogP contribution < -0.4 is 4.98 Å². The summed E-state index contributed by atoms with van der Waals surface area (Å²) < 4.78 is 0. The summed E-state index contributed by atoms with van der Waals surface area (Å²) in [5.74, 6) is 0.285. The lowest BCUT2D eigenvalue weighted by molar-refractivity contribution is -0.380. The third kappa shape index (κ3) is 3.03. The van der Waals surface area contributed by atoms with Gasteiger partial charge in [0.15, 0.2) is 12.4 Å². The molecule has 0 aliphatic heterocycles.